The van der Waals surface area contributed by atoms with Gasteiger partial charge in [0.05, 0.1) is 18.4 Å². The number of benzene rings is 3. The molecule has 8 nitrogen and oxygen atoms in total. The number of methoxy groups -OCH3 is 1. The van der Waals surface area contributed by atoms with E-state index in [0.29, 0.717) is 28.4 Å². The third-order valence-corrected chi connectivity index (χ3v) is 5.07. The van der Waals surface area contributed by atoms with Crippen LogP contribution < -0.4 is 20.3 Å². The Kier molecular flexibility index (Phi) is 7.06. The Hall–Kier alpha value is -4.66. The van der Waals surface area contributed by atoms with E-state index in [9.17, 15) is 14.0 Å². The van der Waals surface area contributed by atoms with E-state index in [4.69, 9.17) is 9.47 Å². The zero-order valence-electron chi connectivity index (χ0n) is 19.1. The molecule has 0 spiro atoms. The van der Waals surface area contributed by atoms with Crippen LogP contribution in [-0.4, -0.2) is 35.3 Å². The van der Waals surface area contributed by atoms with Crippen molar-refractivity contribution in [3.05, 3.63) is 95.9 Å². The highest BCUT2D eigenvalue weighted by molar-refractivity contribution is 6.00. The van der Waals surface area contributed by atoms with Gasteiger partial charge >= 0.3 is 0 Å². The quantitative estimate of drug-likeness (QED) is 0.397. The maximum atomic E-state index is 13.4. The second kappa shape index (κ2) is 10.5. The summed E-state index contributed by atoms with van der Waals surface area (Å²) in [5.41, 5.74) is 7.49. The van der Waals surface area contributed by atoms with Crippen LogP contribution in [0.2, 0.25) is 0 Å². The van der Waals surface area contributed by atoms with Gasteiger partial charge in [0.2, 0.25) is 0 Å². The summed E-state index contributed by atoms with van der Waals surface area (Å²) >= 11 is 0. The first kappa shape index (κ1) is 23.5. The summed E-state index contributed by atoms with van der Waals surface area (Å²) in [7, 11) is 1.54. The van der Waals surface area contributed by atoms with E-state index >= 15 is 0 Å². The number of ether oxygens (including phenoxy) is 2. The highest BCUT2D eigenvalue weighted by Gasteiger charge is 2.20. The molecule has 0 aliphatic heterocycles. The molecule has 0 aliphatic carbocycles. The molecular formula is C26H23FN4O4. The highest BCUT2D eigenvalue weighted by Crippen LogP contribution is 2.27. The normalized spacial score (nSPS) is 10.5. The van der Waals surface area contributed by atoms with Crippen LogP contribution in [-0.2, 0) is 4.79 Å². The molecule has 178 valence electrons. The molecule has 0 saturated carbocycles. The summed E-state index contributed by atoms with van der Waals surface area (Å²) in [5.74, 6) is -0.365. The lowest BCUT2D eigenvalue weighted by Gasteiger charge is -2.09. The van der Waals surface area contributed by atoms with E-state index in [0.717, 1.165) is 5.56 Å². The number of hydrogen-bond donors (Lipinski definition) is 2. The van der Waals surface area contributed by atoms with Gasteiger partial charge < -0.3 is 9.47 Å². The topological polar surface area (TPSA) is 94.5 Å². The molecule has 9 heteroatoms. The van der Waals surface area contributed by atoms with Crippen molar-refractivity contribution in [2.45, 2.75) is 6.92 Å². The van der Waals surface area contributed by atoms with Gasteiger partial charge in [-0.15, -0.1) is 0 Å². The van der Waals surface area contributed by atoms with Crippen molar-refractivity contribution in [3.8, 4) is 28.4 Å². The molecular weight excluding hydrogens is 451 g/mol. The van der Waals surface area contributed by atoms with E-state index < -0.39 is 11.8 Å². The fourth-order valence-electron chi connectivity index (χ4n) is 3.33. The van der Waals surface area contributed by atoms with E-state index in [-0.39, 0.29) is 18.0 Å². The van der Waals surface area contributed by atoms with Crippen LogP contribution >= 0.6 is 0 Å². The van der Waals surface area contributed by atoms with Crippen LogP contribution in [0.15, 0.2) is 79.0 Å². The summed E-state index contributed by atoms with van der Waals surface area (Å²) in [6.45, 7) is 1.64. The summed E-state index contributed by atoms with van der Waals surface area (Å²) < 4.78 is 25.6. The molecule has 2 N–H and O–H groups in total. The van der Waals surface area contributed by atoms with Crippen molar-refractivity contribution in [3.63, 3.8) is 0 Å². The average molecular weight is 474 g/mol. The van der Waals surface area contributed by atoms with Crippen LogP contribution in [0.3, 0.4) is 0 Å². The number of rotatable bonds is 7. The molecule has 4 rings (SSSR count). The van der Waals surface area contributed by atoms with Crippen LogP contribution in [0.4, 0.5) is 4.39 Å². The first-order valence-electron chi connectivity index (χ1n) is 10.7. The molecule has 1 heterocycles. The fraction of sp³-hybridized carbons (Fsp3) is 0.115. The first-order valence-corrected chi connectivity index (χ1v) is 10.7. The highest BCUT2D eigenvalue weighted by atomic mass is 19.1. The van der Waals surface area contributed by atoms with Gasteiger partial charge in [0.25, 0.3) is 11.8 Å². The Morgan fingerprint density at radius 1 is 0.971 bits per heavy atom. The fourth-order valence-corrected chi connectivity index (χ4v) is 3.33. The van der Waals surface area contributed by atoms with Gasteiger partial charge in [-0.05, 0) is 61.0 Å². The molecule has 0 saturated heterocycles. The molecule has 0 atom stereocenters. The van der Waals surface area contributed by atoms with Gasteiger partial charge in [0, 0.05) is 11.8 Å². The predicted octanol–water partition coefficient (Wildman–Crippen LogP) is 3.84. The lowest BCUT2D eigenvalue weighted by molar-refractivity contribution is -0.123. The Labute approximate surface area is 201 Å². The number of carbonyl (C=O) groups is 2. The van der Waals surface area contributed by atoms with Gasteiger partial charge in [0.1, 0.15) is 23.0 Å². The number of nitrogens with zero attached hydrogens (tertiary/aromatic N) is 2. The minimum atomic E-state index is -0.583. The first-order chi connectivity index (χ1) is 16.9. The predicted molar refractivity (Wildman–Crippen MR) is 128 cm³/mol. The number of aryl methyl sites for hydroxylation is 1. The summed E-state index contributed by atoms with van der Waals surface area (Å²) in [6, 6.07) is 20.0. The molecule has 2 amide bonds. The monoisotopic (exact) mass is 474 g/mol. The Balaban J connectivity index is 1.52. The number of carbonyl (C=O) groups excluding carboxylic acids is 2. The second-order valence-corrected chi connectivity index (χ2v) is 7.65. The number of hydrogen-bond acceptors (Lipinski definition) is 5. The zero-order chi connectivity index (χ0) is 24.8. The SMILES string of the molecule is COc1cccc(-c2nn(-c3ccc(F)cc3)cc2C(=O)NNC(=O)COc2cccc(C)c2)c1. The number of aromatic nitrogens is 2. The second-order valence-electron chi connectivity index (χ2n) is 7.65. The van der Waals surface area contributed by atoms with Crippen molar-refractivity contribution in [1.82, 2.24) is 20.6 Å². The molecule has 0 unspecified atom stereocenters. The average Bonchev–Trinajstić information content (AvgIpc) is 3.32. The molecule has 0 bridgehead atoms. The molecule has 0 aliphatic rings. The van der Waals surface area contributed by atoms with Crippen molar-refractivity contribution in [1.29, 1.82) is 0 Å². The molecule has 1 aromatic heterocycles. The molecule has 4 aromatic rings. The molecule has 35 heavy (non-hydrogen) atoms. The lowest BCUT2D eigenvalue weighted by Crippen LogP contribution is -2.43. The van der Waals surface area contributed by atoms with Gasteiger partial charge in [-0.2, -0.15) is 5.10 Å². The summed E-state index contributed by atoms with van der Waals surface area (Å²) in [5, 5.41) is 4.53. The lowest BCUT2D eigenvalue weighted by atomic mass is 10.1. The standard InChI is InChI=1S/C26H23FN4O4/c1-17-5-3-8-22(13-17)35-16-24(32)28-29-26(33)23-15-31(20-11-9-19(27)10-12-20)30-25(23)18-6-4-7-21(14-18)34-2/h3-15H,16H2,1-2H3,(H,28,32)(H,29,33). The van der Waals surface area contributed by atoms with Crippen molar-refractivity contribution >= 4 is 11.8 Å². The van der Waals surface area contributed by atoms with Gasteiger partial charge in [-0.3, -0.25) is 20.4 Å². The van der Waals surface area contributed by atoms with E-state index in [2.05, 4.69) is 16.0 Å². The summed E-state index contributed by atoms with van der Waals surface area (Å²) in [4.78, 5) is 25.2. The third-order valence-electron chi connectivity index (χ3n) is 5.07. The van der Waals surface area contributed by atoms with E-state index in [1.807, 2.05) is 19.1 Å². The summed E-state index contributed by atoms with van der Waals surface area (Å²) in [6.07, 6.45) is 1.51. The zero-order valence-corrected chi connectivity index (χ0v) is 19.1. The van der Waals surface area contributed by atoms with Gasteiger partial charge in [0.15, 0.2) is 6.61 Å². The van der Waals surface area contributed by atoms with Crippen molar-refractivity contribution in [2.24, 2.45) is 0 Å². The maximum Gasteiger partial charge on any atom is 0.276 e. The van der Waals surface area contributed by atoms with Crippen LogP contribution in [0.5, 0.6) is 11.5 Å². The van der Waals surface area contributed by atoms with Crippen LogP contribution in [0.25, 0.3) is 16.9 Å². The molecule has 0 fully saturated rings. The molecule has 3 aromatic carbocycles. The van der Waals surface area contributed by atoms with Crippen molar-refractivity contribution in [2.75, 3.05) is 13.7 Å². The minimum Gasteiger partial charge on any atom is -0.497 e. The third kappa shape index (κ3) is 5.83. The smallest absolute Gasteiger partial charge is 0.276 e. The van der Waals surface area contributed by atoms with Crippen molar-refractivity contribution < 1.29 is 23.5 Å². The number of nitrogens with one attached hydrogen (secondary N) is 2. The van der Waals surface area contributed by atoms with Crippen LogP contribution in [0, 0.1) is 12.7 Å². The van der Waals surface area contributed by atoms with Crippen LogP contribution in [0.1, 0.15) is 15.9 Å². The Morgan fingerprint density at radius 2 is 1.71 bits per heavy atom. The Bertz CT molecular complexity index is 1350. The van der Waals surface area contributed by atoms with E-state index in [1.165, 1.54) is 30.1 Å². The minimum absolute atomic E-state index is 0.197. The number of hydrazine groups is 1. The van der Waals surface area contributed by atoms with Gasteiger partial charge in [-0.1, -0.05) is 24.3 Å². The number of amides is 2. The van der Waals surface area contributed by atoms with E-state index in [1.54, 1.807) is 48.5 Å². The van der Waals surface area contributed by atoms with Gasteiger partial charge in [-0.25, -0.2) is 9.07 Å². The maximum absolute atomic E-state index is 13.4. The largest absolute Gasteiger partial charge is 0.497 e. The Morgan fingerprint density at radius 3 is 2.46 bits per heavy atom. The molecule has 0 radical (unpaired) electrons. The number of halogens is 1.